The Bertz CT molecular complexity index is 480. The second kappa shape index (κ2) is 4.02. The molecule has 0 bridgehead atoms. The predicted octanol–water partition coefficient (Wildman–Crippen LogP) is 1.68. The van der Waals surface area contributed by atoms with Crippen molar-refractivity contribution in [3.63, 3.8) is 0 Å². The van der Waals surface area contributed by atoms with Crippen LogP contribution in [0.1, 0.15) is 24.8 Å². The number of halogens is 1. The van der Waals surface area contributed by atoms with Crippen LogP contribution in [0.2, 0.25) is 0 Å². The second-order valence-electron chi connectivity index (χ2n) is 4.95. The molecule has 0 saturated heterocycles. The minimum absolute atomic E-state index is 0.350. The summed E-state index contributed by atoms with van der Waals surface area (Å²) in [5.74, 6) is -0.185. The Morgan fingerprint density at radius 3 is 2.67 bits per heavy atom. The van der Waals surface area contributed by atoms with Crippen molar-refractivity contribution < 1.29 is 19.0 Å². The summed E-state index contributed by atoms with van der Waals surface area (Å²) in [6.07, 6.45) is 2.65. The fourth-order valence-corrected chi connectivity index (χ4v) is 2.78. The highest BCUT2D eigenvalue weighted by Crippen LogP contribution is 2.52. The van der Waals surface area contributed by atoms with Crippen LogP contribution in [0, 0.1) is 5.82 Å². The first-order valence-corrected chi connectivity index (χ1v) is 6.19. The molecule has 3 rings (SSSR count). The highest BCUT2D eigenvalue weighted by Gasteiger charge is 2.44. The fourth-order valence-electron chi connectivity index (χ4n) is 2.78. The number of phenolic OH excluding ortho intramolecular Hbond substituents is 1. The zero-order chi connectivity index (χ0) is 12.8. The highest BCUT2D eigenvalue weighted by atomic mass is 19.1. The predicted molar refractivity (Wildman–Crippen MR) is 63.6 cm³/mol. The lowest BCUT2D eigenvalue weighted by Gasteiger charge is -2.43. The van der Waals surface area contributed by atoms with Gasteiger partial charge in [0.2, 0.25) is 0 Å². The maximum atomic E-state index is 14.3. The normalized spacial score (nSPS) is 20.3. The molecule has 1 fully saturated rings. The molecule has 1 aromatic rings. The van der Waals surface area contributed by atoms with Crippen molar-refractivity contribution in [3.8, 4) is 17.2 Å². The Kier molecular flexibility index (Phi) is 2.59. The number of benzene rings is 1. The second-order valence-corrected chi connectivity index (χ2v) is 4.95. The van der Waals surface area contributed by atoms with Gasteiger partial charge in [0, 0.05) is 23.6 Å². The van der Waals surface area contributed by atoms with Crippen LogP contribution in [0.25, 0.3) is 0 Å². The third kappa shape index (κ3) is 1.47. The van der Waals surface area contributed by atoms with E-state index in [0.717, 1.165) is 19.3 Å². The van der Waals surface area contributed by atoms with Gasteiger partial charge in [0.15, 0.2) is 23.1 Å². The van der Waals surface area contributed by atoms with Gasteiger partial charge in [0.25, 0.3) is 0 Å². The standard InChI is InChI=1S/C13H16FNO3/c14-11-8(16)6-9-12(18-5-4-17-9)10(11)13(7-15)2-1-3-13/h6,16H,1-5,7,15H2. The maximum absolute atomic E-state index is 14.3. The lowest BCUT2D eigenvalue weighted by molar-refractivity contribution is 0.155. The molecule has 0 atom stereocenters. The van der Waals surface area contributed by atoms with Crippen LogP contribution >= 0.6 is 0 Å². The van der Waals surface area contributed by atoms with Gasteiger partial charge in [0.1, 0.15) is 13.2 Å². The van der Waals surface area contributed by atoms with E-state index in [1.54, 1.807) is 0 Å². The summed E-state index contributed by atoms with van der Waals surface area (Å²) in [7, 11) is 0. The summed E-state index contributed by atoms with van der Waals surface area (Å²) in [5.41, 5.74) is 5.79. The van der Waals surface area contributed by atoms with Gasteiger partial charge >= 0.3 is 0 Å². The van der Waals surface area contributed by atoms with E-state index in [-0.39, 0.29) is 0 Å². The molecule has 0 spiro atoms. The van der Waals surface area contributed by atoms with Gasteiger partial charge in [-0.15, -0.1) is 0 Å². The third-order valence-corrected chi connectivity index (χ3v) is 3.98. The zero-order valence-electron chi connectivity index (χ0n) is 10.0. The largest absolute Gasteiger partial charge is 0.505 e. The molecule has 98 valence electrons. The van der Waals surface area contributed by atoms with Crippen molar-refractivity contribution >= 4 is 0 Å². The molecule has 4 nitrogen and oxygen atoms in total. The van der Waals surface area contributed by atoms with Crippen molar-refractivity contribution in [1.82, 2.24) is 0 Å². The van der Waals surface area contributed by atoms with Crippen LogP contribution in [0.5, 0.6) is 17.2 Å². The monoisotopic (exact) mass is 253 g/mol. The van der Waals surface area contributed by atoms with Crippen molar-refractivity contribution in [2.45, 2.75) is 24.7 Å². The summed E-state index contributed by atoms with van der Waals surface area (Å²) in [6, 6.07) is 1.27. The highest BCUT2D eigenvalue weighted by molar-refractivity contribution is 5.57. The number of aromatic hydroxyl groups is 1. The van der Waals surface area contributed by atoms with Crippen LogP contribution in [0.15, 0.2) is 6.07 Å². The van der Waals surface area contributed by atoms with E-state index < -0.39 is 17.0 Å². The number of nitrogens with two attached hydrogens (primary N) is 1. The molecule has 0 amide bonds. The quantitative estimate of drug-likeness (QED) is 0.841. The molecule has 0 aromatic heterocycles. The van der Waals surface area contributed by atoms with Crippen molar-refractivity contribution in [3.05, 3.63) is 17.4 Å². The van der Waals surface area contributed by atoms with E-state index in [4.69, 9.17) is 15.2 Å². The topological polar surface area (TPSA) is 64.7 Å². The lowest BCUT2D eigenvalue weighted by Crippen LogP contribution is -2.43. The minimum Gasteiger partial charge on any atom is -0.505 e. The van der Waals surface area contributed by atoms with Crippen molar-refractivity contribution in [2.75, 3.05) is 19.8 Å². The molecule has 0 radical (unpaired) electrons. The summed E-state index contributed by atoms with van der Waals surface area (Å²) in [5, 5.41) is 9.68. The number of hydrogen-bond donors (Lipinski definition) is 2. The molecule has 1 heterocycles. The molecule has 1 aliphatic carbocycles. The van der Waals surface area contributed by atoms with Crippen LogP contribution < -0.4 is 15.2 Å². The van der Waals surface area contributed by atoms with E-state index in [1.807, 2.05) is 0 Å². The Morgan fingerprint density at radius 1 is 1.33 bits per heavy atom. The van der Waals surface area contributed by atoms with E-state index in [9.17, 15) is 9.50 Å². The maximum Gasteiger partial charge on any atom is 0.172 e. The van der Waals surface area contributed by atoms with E-state index in [1.165, 1.54) is 6.07 Å². The molecule has 3 N–H and O–H groups in total. The molecule has 1 aromatic carbocycles. The average Bonchev–Trinajstić information content (AvgIpc) is 2.33. The van der Waals surface area contributed by atoms with Gasteiger partial charge in [-0.3, -0.25) is 0 Å². The number of phenols is 1. The molecule has 1 aliphatic heterocycles. The SMILES string of the molecule is NCC1(c2c(F)c(O)cc3c2OCCO3)CCC1. The average molecular weight is 253 g/mol. The van der Waals surface area contributed by atoms with Gasteiger partial charge < -0.3 is 20.3 Å². The minimum atomic E-state index is -0.621. The Balaban J connectivity index is 2.20. The summed E-state index contributed by atoms with van der Waals surface area (Å²) in [4.78, 5) is 0. The van der Waals surface area contributed by atoms with Crippen LogP contribution in [0.4, 0.5) is 4.39 Å². The first-order chi connectivity index (χ1) is 8.68. The number of hydrogen-bond acceptors (Lipinski definition) is 4. The summed E-state index contributed by atoms with van der Waals surface area (Å²) in [6.45, 7) is 1.15. The molecule has 5 heteroatoms. The van der Waals surface area contributed by atoms with Crippen LogP contribution in [0.3, 0.4) is 0 Å². The fraction of sp³-hybridized carbons (Fsp3) is 0.538. The third-order valence-electron chi connectivity index (χ3n) is 3.98. The van der Waals surface area contributed by atoms with Crippen LogP contribution in [-0.2, 0) is 5.41 Å². The Morgan fingerprint density at radius 2 is 2.06 bits per heavy atom. The van der Waals surface area contributed by atoms with Gasteiger partial charge in [0.05, 0.1) is 0 Å². The number of rotatable bonds is 2. The smallest absolute Gasteiger partial charge is 0.172 e. The molecule has 0 unspecified atom stereocenters. The molecule has 2 aliphatic rings. The van der Waals surface area contributed by atoms with Gasteiger partial charge in [-0.1, -0.05) is 6.42 Å². The van der Waals surface area contributed by atoms with Crippen molar-refractivity contribution in [2.24, 2.45) is 5.73 Å². The van der Waals surface area contributed by atoms with E-state index >= 15 is 0 Å². The lowest BCUT2D eigenvalue weighted by atomic mass is 9.64. The molecular weight excluding hydrogens is 237 g/mol. The van der Waals surface area contributed by atoms with E-state index in [2.05, 4.69) is 0 Å². The van der Waals surface area contributed by atoms with Crippen LogP contribution in [-0.4, -0.2) is 24.9 Å². The Hall–Kier alpha value is -1.49. The molecule has 1 saturated carbocycles. The van der Waals surface area contributed by atoms with Gasteiger partial charge in [-0.25, -0.2) is 4.39 Å². The summed E-state index contributed by atoms with van der Waals surface area (Å²) >= 11 is 0. The Labute approximate surface area is 105 Å². The van der Waals surface area contributed by atoms with E-state index in [0.29, 0.717) is 36.8 Å². The van der Waals surface area contributed by atoms with Gasteiger partial charge in [-0.2, -0.15) is 0 Å². The number of ether oxygens (including phenoxy) is 2. The van der Waals surface area contributed by atoms with Gasteiger partial charge in [-0.05, 0) is 12.8 Å². The zero-order valence-corrected chi connectivity index (χ0v) is 10.0. The first kappa shape index (κ1) is 11.6. The van der Waals surface area contributed by atoms with Crippen molar-refractivity contribution in [1.29, 1.82) is 0 Å². The number of fused-ring (bicyclic) bond motifs is 1. The summed E-state index contributed by atoms with van der Waals surface area (Å²) < 4.78 is 25.2. The molecular formula is C13H16FNO3. The molecule has 18 heavy (non-hydrogen) atoms. The first-order valence-electron chi connectivity index (χ1n) is 6.19.